The first-order chi connectivity index (χ1) is 13.7. The maximum atomic E-state index is 12.4. The van der Waals surface area contributed by atoms with Crippen molar-refractivity contribution in [2.24, 2.45) is 0 Å². The lowest BCUT2D eigenvalue weighted by Gasteiger charge is -2.14. The normalized spacial score (nSPS) is 14.2. The summed E-state index contributed by atoms with van der Waals surface area (Å²) < 4.78 is 23.7. The fourth-order valence-electron chi connectivity index (χ4n) is 2.67. The highest BCUT2D eigenvalue weighted by molar-refractivity contribution is 7.93. The third-order valence-corrected chi connectivity index (χ3v) is 5.10. The number of carbonyl (C=O) groups is 1. The van der Waals surface area contributed by atoms with Crippen LogP contribution in [0.1, 0.15) is 29.2 Å². The number of carbonyl (C=O) groups excluding carboxylic acids is 1. The number of aliphatic hydroxyl groups is 1. The van der Waals surface area contributed by atoms with Gasteiger partial charge in [0, 0.05) is 33.7 Å². The first kappa shape index (κ1) is 21.0. The molecule has 0 bridgehead atoms. The van der Waals surface area contributed by atoms with E-state index in [9.17, 15) is 18.3 Å². The number of hydrogen-bond donors (Lipinski definition) is 2. The van der Waals surface area contributed by atoms with E-state index in [0.29, 0.717) is 21.5 Å². The Hall–Kier alpha value is -2.75. The Morgan fingerprint density at radius 3 is 2.72 bits per heavy atom. The summed E-state index contributed by atoms with van der Waals surface area (Å²) in [5.41, 5.74) is 1.16. The van der Waals surface area contributed by atoms with E-state index in [2.05, 4.69) is 15.4 Å². The minimum Gasteiger partial charge on any atom is -0.368 e. The van der Waals surface area contributed by atoms with Crippen molar-refractivity contribution >= 4 is 38.2 Å². The third kappa shape index (κ3) is 5.00. The summed E-state index contributed by atoms with van der Waals surface area (Å²) in [5.74, 6) is -0.461. The van der Waals surface area contributed by atoms with Crippen LogP contribution in [0.5, 0.6) is 0 Å². The van der Waals surface area contributed by atoms with E-state index < -0.39 is 28.0 Å². The minimum absolute atomic E-state index is 0.142. The summed E-state index contributed by atoms with van der Waals surface area (Å²) in [6, 6.07) is 7.93. The van der Waals surface area contributed by atoms with Crippen LogP contribution in [0.4, 0.5) is 0 Å². The second-order valence-corrected chi connectivity index (χ2v) is 8.87. The molecule has 0 aliphatic carbocycles. The molecule has 0 radical (unpaired) electrons. The molecule has 0 saturated carbocycles. The number of aromatic nitrogens is 3. The van der Waals surface area contributed by atoms with Gasteiger partial charge in [-0.05, 0) is 19.1 Å². The molecule has 1 aromatic carbocycles. The zero-order valence-electron chi connectivity index (χ0n) is 15.7. The molecule has 0 saturated heterocycles. The van der Waals surface area contributed by atoms with Crippen molar-refractivity contribution in [2.45, 2.75) is 19.2 Å². The second kappa shape index (κ2) is 8.32. The molecule has 3 aromatic rings. The number of pyridine rings is 1. The van der Waals surface area contributed by atoms with Gasteiger partial charge in [-0.3, -0.25) is 4.79 Å². The fraction of sp³-hybridized carbons (Fsp3) is 0.211. The lowest BCUT2D eigenvalue weighted by atomic mass is 10.2. The number of halogens is 1. The van der Waals surface area contributed by atoms with Gasteiger partial charge in [-0.15, -0.1) is 0 Å². The molecule has 3 rings (SSSR count). The molecule has 0 unspecified atom stereocenters. The average molecular weight is 435 g/mol. The van der Waals surface area contributed by atoms with Crippen molar-refractivity contribution in [3.8, 4) is 0 Å². The SMILES string of the molecule is C[C@H](/C=C/S(C)(=O)=O)NC(=O)c1cc2cnn([C@@H](O)c3ccccc3Cl)c2cn1. The highest BCUT2D eigenvalue weighted by atomic mass is 35.5. The summed E-state index contributed by atoms with van der Waals surface area (Å²) in [6.07, 6.45) is 4.30. The smallest absolute Gasteiger partial charge is 0.270 e. The number of nitrogens with zero attached hydrogens (tertiary/aromatic N) is 3. The molecule has 8 nitrogen and oxygen atoms in total. The van der Waals surface area contributed by atoms with Crippen LogP contribution in [0, 0.1) is 0 Å². The van der Waals surface area contributed by atoms with Crippen molar-refractivity contribution < 1.29 is 18.3 Å². The molecular weight excluding hydrogens is 416 g/mol. The number of rotatable bonds is 6. The summed E-state index contributed by atoms with van der Waals surface area (Å²) in [6.45, 7) is 1.65. The molecule has 1 amide bonds. The summed E-state index contributed by atoms with van der Waals surface area (Å²) >= 11 is 6.14. The molecule has 0 aliphatic rings. The molecule has 10 heteroatoms. The number of nitrogens with one attached hydrogen (secondary N) is 1. The van der Waals surface area contributed by atoms with Crippen molar-refractivity contribution in [1.29, 1.82) is 0 Å². The highest BCUT2D eigenvalue weighted by Gasteiger charge is 2.18. The zero-order valence-corrected chi connectivity index (χ0v) is 17.2. The third-order valence-electron chi connectivity index (χ3n) is 4.10. The van der Waals surface area contributed by atoms with Gasteiger partial charge < -0.3 is 10.4 Å². The molecule has 152 valence electrons. The Morgan fingerprint density at radius 1 is 1.31 bits per heavy atom. The van der Waals surface area contributed by atoms with Gasteiger partial charge in [0.15, 0.2) is 16.1 Å². The van der Waals surface area contributed by atoms with Gasteiger partial charge >= 0.3 is 0 Å². The van der Waals surface area contributed by atoms with E-state index in [4.69, 9.17) is 11.6 Å². The lowest BCUT2D eigenvalue weighted by molar-refractivity contribution is 0.0942. The molecule has 2 atom stereocenters. The Labute approximate surface area is 172 Å². The molecule has 2 heterocycles. The summed E-state index contributed by atoms with van der Waals surface area (Å²) in [7, 11) is -3.27. The number of hydrogen-bond acceptors (Lipinski definition) is 6. The number of fused-ring (bicyclic) bond motifs is 1. The molecule has 2 N–H and O–H groups in total. The monoisotopic (exact) mass is 434 g/mol. The van der Waals surface area contributed by atoms with Crippen LogP contribution in [0.3, 0.4) is 0 Å². The molecule has 0 fully saturated rings. The van der Waals surface area contributed by atoms with E-state index in [-0.39, 0.29) is 5.69 Å². The van der Waals surface area contributed by atoms with Crippen molar-refractivity contribution in [2.75, 3.05) is 6.26 Å². The van der Waals surface area contributed by atoms with Crippen LogP contribution in [-0.4, -0.2) is 46.5 Å². The van der Waals surface area contributed by atoms with Crippen LogP contribution >= 0.6 is 11.6 Å². The Bertz CT molecular complexity index is 1190. The van der Waals surface area contributed by atoms with Gasteiger partial charge in [-0.1, -0.05) is 35.9 Å². The average Bonchev–Trinajstić information content (AvgIpc) is 3.09. The van der Waals surface area contributed by atoms with Crippen LogP contribution < -0.4 is 5.32 Å². The maximum absolute atomic E-state index is 12.4. The fourth-order valence-corrected chi connectivity index (χ4v) is 3.42. The number of sulfone groups is 1. The quantitative estimate of drug-likeness (QED) is 0.615. The summed E-state index contributed by atoms with van der Waals surface area (Å²) in [4.78, 5) is 16.5. The Balaban J connectivity index is 1.82. The van der Waals surface area contributed by atoms with Gasteiger partial charge in [-0.25, -0.2) is 18.1 Å². The van der Waals surface area contributed by atoms with Gasteiger partial charge in [-0.2, -0.15) is 5.10 Å². The first-order valence-corrected chi connectivity index (χ1v) is 10.9. The Kier molecular flexibility index (Phi) is 6.02. The van der Waals surface area contributed by atoms with Crippen LogP contribution in [0.25, 0.3) is 10.9 Å². The maximum Gasteiger partial charge on any atom is 0.270 e. The predicted molar refractivity (Wildman–Crippen MR) is 110 cm³/mol. The zero-order chi connectivity index (χ0) is 21.2. The summed E-state index contributed by atoms with van der Waals surface area (Å²) in [5, 5.41) is 19.5. The van der Waals surface area contributed by atoms with Crippen molar-refractivity contribution in [1.82, 2.24) is 20.1 Å². The Morgan fingerprint density at radius 2 is 2.03 bits per heavy atom. The van der Waals surface area contributed by atoms with Crippen molar-refractivity contribution in [3.05, 3.63) is 70.5 Å². The van der Waals surface area contributed by atoms with E-state index in [0.717, 1.165) is 11.7 Å². The lowest BCUT2D eigenvalue weighted by Crippen LogP contribution is -2.31. The topological polar surface area (TPSA) is 114 Å². The first-order valence-electron chi connectivity index (χ1n) is 8.60. The number of benzene rings is 1. The number of aliphatic hydroxyl groups excluding tert-OH is 1. The molecule has 0 spiro atoms. The molecule has 29 heavy (non-hydrogen) atoms. The van der Waals surface area contributed by atoms with Gasteiger partial charge in [0.1, 0.15) is 5.69 Å². The minimum atomic E-state index is -3.27. The predicted octanol–water partition coefficient (Wildman–Crippen LogP) is 2.30. The second-order valence-electron chi connectivity index (χ2n) is 6.53. The van der Waals surface area contributed by atoms with E-state index in [1.54, 1.807) is 37.3 Å². The number of amides is 1. The van der Waals surface area contributed by atoms with E-state index >= 15 is 0 Å². The largest absolute Gasteiger partial charge is 0.368 e. The van der Waals surface area contributed by atoms with Gasteiger partial charge in [0.2, 0.25) is 0 Å². The van der Waals surface area contributed by atoms with Gasteiger partial charge in [0.05, 0.1) is 17.9 Å². The highest BCUT2D eigenvalue weighted by Crippen LogP contribution is 2.26. The molecule has 0 aliphatic heterocycles. The van der Waals surface area contributed by atoms with Crippen molar-refractivity contribution in [3.63, 3.8) is 0 Å². The van der Waals surface area contributed by atoms with Gasteiger partial charge in [0.25, 0.3) is 5.91 Å². The van der Waals surface area contributed by atoms with E-state index in [1.807, 2.05) is 0 Å². The molecular formula is C19H19ClN4O4S. The van der Waals surface area contributed by atoms with Crippen LogP contribution in [-0.2, 0) is 9.84 Å². The van der Waals surface area contributed by atoms with Crippen LogP contribution in [0.15, 0.2) is 54.2 Å². The van der Waals surface area contributed by atoms with Crippen LogP contribution in [0.2, 0.25) is 5.02 Å². The van der Waals surface area contributed by atoms with E-state index in [1.165, 1.54) is 23.2 Å². The standard InChI is InChI=1S/C19H19ClN4O4S/c1-12(7-8-29(2,27)28)23-18(25)16-9-13-10-22-24(17(13)11-21-16)19(26)14-5-3-4-6-15(14)20/h3-12,19,26H,1-2H3,(H,23,25)/b8-7+/t12-,19+/m1/s1. The molecule has 2 aromatic heterocycles.